The summed E-state index contributed by atoms with van der Waals surface area (Å²) in [6, 6.07) is 20.2. The van der Waals surface area contributed by atoms with Gasteiger partial charge in [0.05, 0.1) is 17.6 Å². The Labute approximate surface area is 191 Å². The zero-order valence-corrected chi connectivity index (χ0v) is 18.6. The summed E-state index contributed by atoms with van der Waals surface area (Å²) in [4.78, 5) is 30.1. The number of hydrogen-bond donors (Lipinski definition) is 2. The first kappa shape index (κ1) is 21.6. The highest BCUT2D eigenvalue weighted by molar-refractivity contribution is 6.30. The summed E-state index contributed by atoms with van der Waals surface area (Å²) in [6.07, 6.45) is 0. The van der Waals surface area contributed by atoms with Crippen LogP contribution in [0.5, 0.6) is 0 Å². The van der Waals surface area contributed by atoms with E-state index >= 15 is 0 Å². The fourth-order valence-corrected chi connectivity index (χ4v) is 3.76. The molecule has 6 nitrogen and oxygen atoms in total. The first-order chi connectivity index (χ1) is 15.4. The van der Waals surface area contributed by atoms with Gasteiger partial charge in [0.25, 0.3) is 5.91 Å². The number of nitrogens with one attached hydrogen (secondary N) is 2. The third-order valence-corrected chi connectivity index (χ3v) is 5.55. The summed E-state index contributed by atoms with van der Waals surface area (Å²) in [5, 5.41) is 6.47. The van der Waals surface area contributed by atoms with Crippen molar-refractivity contribution in [1.82, 2.24) is 14.9 Å². The van der Waals surface area contributed by atoms with Gasteiger partial charge in [-0.3, -0.25) is 9.59 Å². The Morgan fingerprint density at radius 1 is 0.938 bits per heavy atom. The second kappa shape index (κ2) is 9.24. The second-order valence-corrected chi connectivity index (χ2v) is 8.04. The zero-order chi connectivity index (χ0) is 22.7. The van der Waals surface area contributed by atoms with E-state index in [-0.39, 0.29) is 24.9 Å². The van der Waals surface area contributed by atoms with Gasteiger partial charge >= 0.3 is 0 Å². The third-order valence-electron chi connectivity index (χ3n) is 5.29. The molecule has 0 unspecified atom stereocenters. The molecule has 2 N–H and O–H groups in total. The quantitative estimate of drug-likeness (QED) is 0.443. The summed E-state index contributed by atoms with van der Waals surface area (Å²) in [7, 11) is 0. The van der Waals surface area contributed by atoms with Gasteiger partial charge in [0, 0.05) is 16.3 Å². The average Bonchev–Trinajstić information content (AvgIpc) is 3.12. The van der Waals surface area contributed by atoms with E-state index in [0.717, 1.165) is 27.8 Å². The van der Waals surface area contributed by atoms with E-state index in [4.69, 9.17) is 11.6 Å². The maximum absolute atomic E-state index is 12.9. The number of para-hydroxylation sites is 3. The van der Waals surface area contributed by atoms with Crippen molar-refractivity contribution >= 4 is 40.1 Å². The highest BCUT2D eigenvalue weighted by atomic mass is 35.5. The van der Waals surface area contributed by atoms with Crippen LogP contribution in [0.15, 0.2) is 66.7 Å². The first-order valence-corrected chi connectivity index (χ1v) is 10.6. The molecule has 32 heavy (non-hydrogen) atoms. The number of aromatic nitrogens is 2. The predicted molar refractivity (Wildman–Crippen MR) is 127 cm³/mol. The fourth-order valence-electron chi connectivity index (χ4n) is 3.63. The van der Waals surface area contributed by atoms with Gasteiger partial charge in [-0.25, -0.2) is 4.98 Å². The van der Waals surface area contributed by atoms with Gasteiger partial charge in [-0.15, -0.1) is 0 Å². The molecule has 0 spiro atoms. The molecule has 0 aliphatic heterocycles. The van der Waals surface area contributed by atoms with Gasteiger partial charge in [-0.1, -0.05) is 41.9 Å². The maximum atomic E-state index is 12.9. The number of hydrogen-bond acceptors (Lipinski definition) is 3. The number of rotatable bonds is 6. The highest BCUT2D eigenvalue weighted by Gasteiger charge is 2.16. The average molecular weight is 447 g/mol. The predicted octanol–water partition coefficient (Wildman–Crippen LogP) is 4.88. The van der Waals surface area contributed by atoms with Gasteiger partial charge in [-0.05, 0) is 61.4 Å². The minimum absolute atomic E-state index is 0.0838. The molecule has 4 rings (SSSR count). The van der Waals surface area contributed by atoms with Crippen LogP contribution in [-0.2, 0) is 17.9 Å². The second-order valence-electron chi connectivity index (χ2n) is 7.61. The summed E-state index contributed by atoms with van der Waals surface area (Å²) >= 11 is 5.90. The molecule has 2 amide bonds. The van der Waals surface area contributed by atoms with Gasteiger partial charge in [0.1, 0.15) is 12.4 Å². The van der Waals surface area contributed by atoms with E-state index in [0.29, 0.717) is 16.4 Å². The lowest BCUT2D eigenvalue weighted by Gasteiger charge is -2.14. The monoisotopic (exact) mass is 446 g/mol. The Balaban J connectivity index is 1.55. The van der Waals surface area contributed by atoms with Crippen LogP contribution in [-0.4, -0.2) is 21.4 Å². The van der Waals surface area contributed by atoms with E-state index < -0.39 is 0 Å². The Kier molecular flexibility index (Phi) is 6.23. The Morgan fingerprint density at radius 3 is 2.34 bits per heavy atom. The standard InChI is InChI=1S/C25H23ClN4O2/c1-16-6-5-7-17(2)24(16)29-23(31)15-30-21-9-4-3-8-20(21)28-22(30)14-27-25(32)18-10-12-19(26)13-11-18/h3-13H,14-15H2,1-2H3,(H,27,32)(H,29,31). The number of benzene rings is 3. The molecular formula is C25H23ClN4O2. The van der Waals surface area contributed by atoms with Crippen LogP contribution in [0, 0.1) is 13.8 Å². The number of imidazole rings is 1. The molecule has 0 bridgehead atoms. The van der Waals surface area contributed by atoms with Crippen molar-refractivity contribution in [3.63, 3.8) is 0 Å². The molecule has 0 aliphatic carbocycles. The summed E-state index contributed by atoms with van der Waals surface area (Å²) in [6.45, 7) is 4.20. The topological polar surface area (TPSA) is 76.0 Å². The molecule has 0 radical (unpaired) electrons. The van der Waals surface area contributed by atoms with Crippen LogP contribution in [0.1, 0.15) is 27.3 Å². The fraction of sp³-hybridized carbons (Fsp3) is 0.160. The minimum atomic E-state index is -0.236. The van der Waals surface area contributed by atoms with Crippen LogP contribution < -0.4 is 10.6 Å². The number of carbonyl (C=O) groups is 2. The van der Waals surface area contributed by atoms with E-state index in [1.807, 2.05) is 60.9 Å². The molecule has 4 aromatic rings. The minimum Gasteiger partial charge on any atom is -0.345 e. The van der Waals surface area contributed by atoms with Crippen molar-refractivity contribution in [2.45, 2.75) is 26.9 Å². The van der Waals surface area contributed by atoms with E-state index in [9.17, 15) is 9.59 Å². The van der Waals surface area contributed by atoms with Crippen LogP contribution in [0.4, 0.5) is 5.69 Å². The van der Waals surface area contributed by atoms with Gasteiger partial charge < -0.3 is 15.2 Å². The highest BCUT2D eigenvalue weighted by Crippen LogP contribution is 2.21. The lowest BCUT2D eigenvalue weighted by molar-refractivity contribution is -0.116. The SMILES string of the molecule is Cc1cccc(C)c1NC(=O)Cn1c(CNC(=O)c2ccc(Cl)cc2)nc2ccccc21. The van der Waals surface area contributed by atoms with Crippen molar-refractivity contribution in [1.29, 1.82) is 0 Å². The number of anilines is 1. The summed E-state index contributed by atoms with van der Waals surface area (Å²) in [5.74, 6) is 0.209. The van der Waals surface area contributed by atoms with Crippen LogP contribution in [0.2, 0.25) is 5.02 Å². The molecule has 162 valence electrons. The Morgan fingerprint density at radius 2 is 1.62 bits per heavy atom. The normalized spacial score (nSPS) is 10.8. The number of halogens is 1. The Hall–Kier alpha value is -3.64. The number of carbonyl (C=O) groups excluding carboxylic acids is 2. The molecule has 0 atom stereocenters. The van der Waals surface area contributed by atoms with Crippen molar-refractivity contribution in [3.8, 4) is 0 Å². The zero-order valence-electron chi connectivity index (χ0n) is 17.9. The van der Waals surface area contributed by atoms with Gasteiger partial charge in [0.2, 0.25) is 5.91 Å². The van der Waals surface area contributed by atoms with E-state index in [2.05, 4.69) is 15.6 Å². The number of amides is 2. The van der Waals surface area contributed by atoms with Crippen LogP contribution in [0.25, 0.3) is 11.0 Å². The summed E-state index contributed by atoms with van der Waals surface area (Å²) < 4.78 is 1.83. The third kappa shape index (κ3) is 4.65. The summed E-state index contributed by atoms with van der Waals surface area (Å²) in [5.41, 5.74) is 4.93. The van der Waals surface area contributed by atoms with Gasteiger partial charge in [0.15, 0.2) is 0 Å². The number of nitrogens with zero attached hydrogens (tertiary/aromatic N) is 2. The molecule has 0 fully saturated rings. The largest absolute Gasteiger partial charge is 0.345 e. The van der Waals surface area contributed by atoms with Crippen LogP contribution >= 0.6 is 11.6 Å². The lowest BCUT2D eigenvalue weighted by atomic mass is 10.1. The smallest absolute Gasteiger partial charge is 0.251 e. The molecule has 3 aromatic carbocycles. The van der Waals surface area contributed by atoms with Crippen molar-refractivity contribution in [2.24, 2.45) is 0 Å². The van der Waals surface area contributed by atoms with Crippen molar-refractivity contribution in [2.75, 3.05) is 5.32 Å². The van der Waals surface area contributed by atoms with E-state index in [1.54, 1.807) is 24.3 Å². The number of aryl methyl sites for hydroxylation is 2. The molecule has 1 heterocycles. The Bertz CT molecular complexity index is 1280. The van der Waals surface area contributed by atoms with Gasteiger partial charge in [-0.2, -0.15) is 0 Å². The van der Waals surface area contributed by atoms with Crippen LogP contribution in [0.3, 0.4) is 0 Å². The number of fused-ring (bicyclic) bond motifs is 1. The molecular weight excluding hydrogens is 424 g/mol. The van der Waals surface area contributed by atoms with E-state index in [1.165, 1.54) is 0 Å². The molecule has 1 aromatic heterocycles. The molecule has 0 saturated carbocycles. The lowest BCUT2D eigenvalue weighted by Crippen LogP contribution is -2.26. The molecule has 0 aliphatic rings. The first-order valence-electron chi connectivity index (χ1n) is 10.3. The van der Waals surface area contributed by atoms with Crippen molar-refractivity contribution < 1.29 is 9.59 Å². The molecule has 0 saturated heterocycles. The maximum Gasteiger partial charge on any atom is 0.251 e. The van der Waals surface area contributed by atoms with Crippen molar-refractivity contribution in [3.05, 3.63) is 94.3 Å². The molecule has 7 heteroatoms.